The van der Waals surface area contributed by atoms with Crippen LogP contribution in [0.5, 0.6) is 0 Å². The highest BCUT2D eigenvalue weighted by molar-refractivity contribution is 5.72. The largest absolute Gasteiger partial charge is 0.359 e. The van der Waals surface area contributed by atoms with E-state index in [0.717, 1.165) is 0 Å². The number of benzene rings is 1. The van der Waals surface area contributed by atoms with Gasteiger partial charge in [0.2, 0.25) is 5.91 Å². The molecule has 0 saturated heterocycles. The van der Waals surface area contributed by atoms with Gasteiger partial charge in [0.25, 0.3) is 0 Å². The number of amides is 1. The molecule has 0 saturated carbocycles. The fourth-order valence-electron chi connectivity index (χ4n) is 0.385. The first kappa shape index (κ1) is 14.2. The van der Waals surface area contributed by atoms with Crippen LogP contribution < -0.4 is 5.32 Å². The molecule has 0 unspecified atom stereocenters. The van der Waals surface area contributed by atoms with Crippen LogP contribution in [0.15, 0.2) is 36.4 Å². The summed E-state index contributed by atoms with van der Waals surface area (Å²) in [5.41, 5.74) is 0. The topological polar surface area (TPSA) is 29.1 Å². The fourth-order valence-corrected chi connectivity index (χ4v) is 0.385. The molecule has 2 heteroatoms. The third-order valence-electron chi connectivity index (χ3n) is 1.02. The molecular formula is C11H19NO. The summed E-state index contributed by atoms with van der Waals surface area (Å²) in [6.07, 6.45) is 0. The van der Waals surface area contributed by atoms with E-state index in [-0.39, 0.29) is 5.91 Å². The molecule has 0 atom stereocenters. The average molecular weight is 181 g/mol. The fraction of sp³-hybridized carbons (Fsp3) is 0.364. The van der Waals surface area contributed by atoms with Crippen molar-refractivity contribution >= 4 is 5.91 Å². The first-order valence-electron chi connectivity index (χ1n) is 4.45. The Morgan fingerprint density at radius 2 is 1.08 bits per heavy atom. The maximum Gasteiger partial charge on any atom is 0.216 e. The van der Waals surface area contributed by atoms with E-state index in [2.05, 4.69) is 5.32 Å². The second kappa shape index (κ2) is 13.3. The second-order valence-corrected chi connectivity index (χ2v) is 1.96. The zero-order valence-corrected chi connectivity index (χ0v) is 8.87. The minimum absolute atomic E-state index is 0.00463. The SMILES string of the molecule is CC.CNC(C)=O.c1ccccc1. The van der Waals surface area contributed by atoms with Gasteiger partial charge in [0.15, 0.2) is 0 Å². The molecule has 0 aliphatic rings. The predicted octanol–water partition coefficient (Wildman–Crippen LogP) is 2.47. The van der Waals surface area contributed by atoms with Crippen LogP contribution in [0.4, 0.5) is 0 Å². The molecule has 2 nitrogen and oxygen atoms in total. The monoisotopic (exact) mass is 181 g/mol. The lowest BCUT2D eigenvalue weighted by Gasteiger charge is -1.80. The molecule has 1 aromatic rings. The van der Waals surface area contributed by atoms with Crippen LogP contribution in [0.3, 0.4) is 0 Å². The minimum atomic E-state index is 0.00463. The summed E-state index contributed by atoms with van der Waals surface area (Å²) in [7, 11) is 1.60. The van der Waals surface area contributed by atoms with Crippen LogP contribution in [0.2, 0.25) is 0 Å². The van der Waals surface area contributed by atoms with Gasteiger partial charge < -0.3 is 5.32 Å². The van der Waals surface area contributed by atoms with Crippen molar-refractivity contribution in [1.82, 2.24) is 5.32 Å². The molecule has 0 bridgehead atoms. The summed E-state index contributed by atoms with van der Waals surface area (Å²) in [5, 5.41) is 2.39. The molecule has 1 N–H and O–H groups in total. The van der Waals surface area contributed by atoms with E-state index in [1.165, 1.54) is 6.92 Å². The molecule has 1 aromatic carbocycles. The van der Waals surface area contributed by atoms with Crippen molar-refractivity contribution in [2.45, 2.75) is 20.8 Å². The summed E-state index contributed by atoms with van der Waals surface area (Å²) in [5.74, 6) is 0.00463. The van der Waals surface area contributed by atoms with Gasteiger partial charge in [0.05, 0.1) is 0 Å². The highest BCUT2D eigenvalue weighted by Crippen LogP contribution is 1.79. The Morgan fingerprint density at radius 3 is 1.15 bits per heavy atom. The van der Waals surface area contributed by atoms with Gasteiger partial charge in [-0.05, 0) is 0 Å². The van der Waals surface area contributed by atoms with E-state index >= 15 is 0 Å². The van der Waals surface area contributed by atoms with Crippen molar-refractivity contribution in [2.24, 2.45) is 0 Å². The van der Waals surface area contributed by atoms with E-state index in [0.29, 0.717) is 0 Å². The van der Waals surface area contributed by atoms with Crippen molar-refractivity contribution in [2.75, 3.05) is 7.05 Å². The zero-order valence-electron chi connectivity index (χ0n) is 8.87. The number of rotatable bonds is 0. The van der Waals surface area contributed by atoms with Crippen molar-refractivity contribution in [3.63, 3.8) is 0 Å². The average Bonchev–Trinajstić information content (AvgIpc) is 2.24. The van der Waals surface area contributed by atoms with Crippen LogP contribution in [-0.2, 0) is 4.79 Å². The molecule has 0 spiro atoms. The summed E-state index contributed by atoms with van der Waals surface area (Å²) >= 11 is 0. The Hall–Kier alpha value is -1.31. The third kappa shape index (κ3) is 18.0. The highest BCUT2D eigenvalue weighted by Gasteiger charge is 1.72. The Labute approximate surface area is 81.0 Å². The van der Waals surface area contributed by atoms with Crippen molar-refractivity contribution in [1.29, 1.82) is 0 Å². The number of nitrogens with one attached hydrogen (secondary N) is 1. The summed E-state index contributed by atoms with van der Waals surface area (Å²) in [6, 6.07) is 12.0. The number of hydrogen-bond acceptors (Lipinski definition) is 1. The summed E-state index contributed by atoms with van der Waals surface area (Å²) in [6.45, 7) is 5.47. The van der Waals surface area contributed by atoms with E-state index in [9.17, 15) is 4.79 Å². The maximum absolute atomic E-state index is 9.70. The van der Waals surface area contributed by atoms with E-state index < -0.39 is 0 Å². The van der Waals surface area contributed by atoms with Gasteiger partial charge in [-0.25, -0.2) is 0 Å². The van der Waals surface area contributed by atoms with Crippen molar-refractivity contribution in [3.8, 4) is 0 Å². The molecular weight excluding hydrogens is 162 g/mol. The van der Waals surface area contributed by atoms with Gasteiger partial charge in [-0.15, -0.1) is 0 Å². The third-order valence-corrected chi connectivity index (χ3v) is 1.02. The lowest BCUT2D eigenvalue weighted by Crippen LogP contribution is -2.11. The van der Waals surface area contributed by atoms with Crippen LogP contribution in [-0.4, -0.2) is 13.0 Å². The first-order valence-corrected chi connectivity index (χ1v) is 4.45. The Kier molecular flexibility index (Phi) is 14.5. The Bertz CT molecular complexity index is 158. The maximum atomic E-state index is 9.70. The standard InChI is InChI=1S/C6H6.C3H7NO.C2H6/c1-2-4-6-5-3-1;1-3(5)4-2;1-2/h1-6H;1-2H3,(H,4,5);1-2H3. The van der Waals surface area contributed by atoms with E-state index in [1.807, 2.05) is 50.2 Å². The molecule has 0 heterocycles. The first-order chi connectivity index (χ1) is 6.27. The van der Waals surface area contributed by atoms with Crippen molar-refractivity contribution in [3.05, 3.63) is 36.4 Å². The minimum Gasteiger partial charge on any atom is -0.359 e. The van der Waals surface area contributed by atoms with Gasteiger partial charge in [0.1, 0.15) is 0 Å². The Morgan fingerprint density at radius 1 is 0.923 bits per heavy atom. The predicted molar refractivity (Wildman–Crippen MR) is 57.5 cm³/mol. The molecule has 13 heavy (non-hydrogen) atoms. The van der Waals surface area contributed by atoms with Crippen LogP contribution in [0.25, 0.3) is 0 Å². The number of carbonyl (C=O) groups is 1. The smallest absolute Gasteiger partial charge is 0.216 e. The van der Waals surface area contributed by atoms with Crippen molar-refractivity contribution < 1.29 is 4.79 Å². The summed E-state index contributed by atoms with van der Waals surface area (Å²) < 4.78 is 0. The van der Waals surface area contributed by atoms with Gasteiger partial charge in [-0.3, -0.25) is 4.79 Å². The van der Waals surface area contributed by atoms with E-state index in [4.69, 9.17) is 0 Å². The molecule has 0 aromatic heterocycles. The van der Waals surface area contributed by atoms with Gasteiger partial charge in [-0.2, -0.15) is 0 Å². The highest BCUT2D eigenvalue weighted by atomic mass is 16.1. The van der Waals surface area contributed by atoms with E-state index in [1.54, 1.807) is 7.05 Å². The number of carbonyl (C=O) groups excluding carboxylic acids is 1. The molecule has 0 fully saturated rings. The van der Waals surface area contributed by atoms with Crippen LogP contribution >= 0.6 is 0 Å². The Balaban J connectivity index is 0. The van der Waals surface area contributed by atoms with Crippen LogP contribution in [0, 0.1) is 0 Å². The van der Waals surface area contributed by atoms with Crippen LogP contribution in [0.1, 0.15) is 20.8 Å². The summed E-state index contributed by atoms with van der Waals surface area (Å²) in [4.78, 5) is 9.70. The lowest BCUT2D eigenvalue weighted by atomic mass is 10.4. The molecule has 0 radical (unpaired) electrons. The zero-order chi connectivity index (χ0) is 10.5. The number of hydrogen-bond donors (Lipinski definition) is 1. The quantitative estimate of drug-likeness (QED) is 0.654. The van der Waals surface area contributed by atoms with Gasteiger partial charge >= 0.3 is 0 Å². The second-order valence-electron chi connectivity index (χ2n) is 1.96. The molecule has 1 amide bonds. The molecule has 0 aliphatic heterocycles. The normalized spacial score (nSPS) is 6.77. The lowest BCUT2D eigenvalue weighted by molar-refractivity contribution is -0.118. The molecule has 0 aliphatic carbocycles. The van der Waals surface area contributed by atoms with Gasteiger partial charge in [-0.1, -0.05) is 50.2 Å². The van der Waals surface area contributed by atoms with Gasteiger partial charge in [0, 0.05) is 14.0 Å². The molecule has 74 valence electrons. The molecule has 1 rings (SSSR count).